The molecule has 0 unspecified atom stereocenters. The zero-order valence-corrected chi connectivity index (χ0v) is 8.51. The third kappa shape index (κ3) is 2.16. The molecule has 1 aromatic heterocycles. The number of carbonyl (C=O) groups is 1. The first kappa shape index (κ1) is 9.94. The van der Waals surface area contributed by atoms with Crippen LogP contribution in [0.5, 0.6) is 0 Å². The molecule has 0 aliphatic carbocycles. The number of nitrogens with one attached hydrogen (secondary N) is 1. The van der Waals surface area contributed by atoms with Crippen molar-refractivity contribution in [2.45, 2.75) is 0 Å². The summed E-state index contributed by atoms with van der Waals surface area (Å²) in [5.41, 5.74) is 0.388. The van der Waals surface area contributed by atoms with Crippen LogP contribution >= 0.6 is 11.3 Å². The lowest BCUT2D eigenvalue weighted by atomic mass is 10.5. The van der Waals surface area contributed by atoms with Gasteiger partial charge in [-0.15, -0.1) is 11.3 Å². The number of carbonyl (C=O) groups excluding carboxylic acids is 1. The summed E-state index contributed by atoms with van der Waals surface area (Å²) in [6.07, 6.45) is 0. The molecule has 1 rings (SSSR count). The summed E-state index contributed by atoms with van der Waals surface area (Å²) < 4.78 is 0. The molecule has 5 nitrogen and oxygen atoms in total. The monoisotopic (exact) mass is 201 g/mol. The molecule has 0 saturated heterocycles. The molecule has 0 radical (unpaired) electrons. The molecule has 0 aromatic carbocycles. The lowest BCUT2D eigenvalue weighted by Gasteiger charge is -2.10. The van der Waals surface area contributed by atoms with Crippen molar-refractivity contribution in [3.63, 3.8) is 0 Å². The summed E-state index contributed by atoms with van der Waals surface area (Å²) in [5, 5.41) is 6.39. The number of nitrogens with zero attached hydrogens (tertiary/aromatic N) is 2. The van der Waals surface area contributed by atoms with Crippen LogP contribution in [0, 0.1) is 0 Å². The number of amides is 1. The lowest BCUT2D eigenvalue weighted by molar-refractivity contribution is -0.0759. The van der Waals surface area contributed by atoms with Gasteiger partial charge in [-0.25, -0.2) is 10.0 Å². The van der Waals surface area contributed by atoms with E-state index in [1.54, 1.807) is 19.5 Å². The Morgan fingerprint density at radius 3 is 2.92 bits per heavy atom. The molecular formula is C7H11N3O2S. The first-order chi connectivity index (χ1) is 6.19. The molecule has 1 N–H and O–H groups in total. The van der Waals surface area contributed by atoms with Gasteiger partial charge in [-0.05, 0) is 0 Å². The number of hydroxylamine groups is 2. The van der Waals surface area contributed by atoms with Gasteiger partial charge in [0.25, 0.3) is 5.91 Å². The Labute approximate surface area is 80.3 Å². The van der Waals surface area contributed by atoms with Crippen LogP contribution in [0.15, 0.2) is 5.38 Å². The minimum Gasteiger partial charge on any atom is -0.365 e. The molecule has 13 heavy (non-hydrogen) atoms. The highest BCUT2D eigenvalue weighted by atomic mass is 32.1. The van der Waals surface area contributed by atoms with Gasteiger partial charge in [0.1, 0.15) is 5.69 Å². The summed E-state index contributed by atoms with van der Waals surface area (Å²) in [6, 6.07) is 0. The predicted molar refractivity (Wildman–Crippen MR) is 50.8 cm³/mol. The van der Waals surface area contributed by atoms with E-state index in [9.17, 15) is 4.79 Å². The zero-order chi connectivity index (χ0) is 9.84. The van der Waals surface area contributed by atoms with E-state index in [1.807, 2.05) is 0 Å². The standard InChI is InChI=1S/C7H11N3O2S/c1-8-7-9-5(4-13-7)6(11)10(2)12-3/h4H,1-3H3,(H,8,9). The highest BCUT2D eigenvalue weighted by Crippen LogP contribution is 2.15. The Balaban J connectivity index is 2.77. The Morgan fingerprint density at radius 2 is 2.46 bits per heavy atom. The van der Waals surface area contributed by atoms with Gasteiger partial charge in [-0.2, -0.15) is 0 Å². The molecule has 6 heteroatoms. The number of hydrogen-bond acceptors (Lipinski definition) is 5. The molecule has 0 saturated carbocycles. The van der Waals surface area contributed by atoms with Gasteiger partial charge in [0, 0.05) is 19.5 Å². The fourth-order valence-electron chi connectivity index (χ4n) is 0.731. The fraction of sp³-hybridized carbons (Fsp3) is 0.429. The number of anilines is 1. The van der Waals surface area contributed by atoms with Gasteiger partial charge in [0.15, 0.2) is 5.13 Å². The maximum Gasteiger partial charge on any atom is 0.296 e. The molecule has 0 bridgehead atoms. The molecule has 1 heterocycles. The maximum absolute atomic E-state index is 11.4. The highest BCUT2D eigenvalue weighted by molar-refractivity contribution is 7.13. The third-order valence-corrected chi connectivity index (χ3v) is 2.36. The summed E-state index contributed by atoms with van der Waals surface area (Å²) in [7, 11) is 4.73. The van der Waals surface area contributed by atoms with E-state index in [-0.39, 0.29) is 5.91 Å². The Morgan fingerprint density at radius 1 is 1.77 bits per heavy atom. The Bertz CT molecular complexity index is 300. The summed E-state index contributed by atoms with van der Waals surface area (Å²) in [6.45, 7) is 0. The van der Waals surface area contributed by atoms with Crippen molar-refractivity contribution < 1.29 is 9.63 Å². The normalized spacial score (nSPS) is 9.77. The van der Waals surface area contributed by atoms with Crippen molar-refractivity contribution in [2.75, 3.05) is 26.5 Å². The van der Waals surface area contributed by atoms with Crippen LogP contribution in [-0.4, -0.2) is 37.2 Å². The molecule has 1 aromatic rings. The van der Waals surface area contributed by atoms with Gasteiger partial charge in [0.2, 0.25) is 0 Å². The Hall–Kier alpha value is -1.14. The van der Waals surface area contributed by atoms with Gasteiger partial charge >= 0.3 is 0 Å². The first-order valence-corrected chi connectivity index (χ1v) is 4.52. The molecular weight excluding hydrogens is 190 g/mol. The summed E-state index contributed by atoms with van der Waals surface area (Å²) in [4.78, 5) is 20.2. The molecule has 0 aliphatic heterocycles. The van der Waals surface area contributed by atoms with Gasteiger partial charge in [0.05, 0.1) is 7.11 Å². The second-order valence-electron chi connectivity index (χ2n) is 2.27. The van der Waals surface area contributed by atoms with E-state index < -0.39 is 0 Å². The van der Waals surface area contributed by atoms with Crippen LogP contribution in [0.25, 0.3) is 0 Å². The second-order valence-corrected chi connectivity index (χ2v) is 3.13. The van der Waals surface area contributed by atoms with Crippen LogP contribution in [0.2, 0.25) is 0 Å². The SMILES string of the molecule is CNc1nc(C(=O)N(C)OC)cs1. The third-order valence-electron chi connectivity index (χ3n) is 1.50. The van der Waals surface area contributed by atoms with Crippen LogP contribution in [-0.2, 0) is 4.84 Å². The predicted octanol–water partition coefficient (Wildman–Crippen LogP) is 0.818. The molecule has 0 fully saturated rings. The fourth-order valence-corrected chi connectivity index (χ4v) is 1.38. The molecule has 72 valence electrons. The van der Waals surface area contributed by atoms with Crippen molar-refractivity contribution in [1.29, 1.82) is 0 Å². The molecule has 0 spiro atoms. The van der Waals surface area contributed by atoms with Crippen molar-refractivity contribution in [3.8, 4) is 0 Å². The average Bonchev–Trinajstić information content (AvgIpc) is 2.63. The van der Waals surface area contributed by atoms with E-state index in [0.29, 0.717) is 10.8 Å². The van der Waals surface area contributed by atoms with E-state index in [0.717, 1.165) is 5.06 Å². The quantitative estimate of drug-likeness (QED) is 0.735. The van der Waals surface area contributed by atoms with Gasteiger partial charge in [-0.1, -0.05) is 0 Å². The first-order valence-electron chi connectivity index (χ1n) is 3.64. The van der Waals surface area contributed by atoms with Gasteiger partial charge < -0.3 is 5.32 Å². The minimum absolute atomic E-state index is 0.250. The topological polar surface area (TPSA) is 54.5 Å². The van der Waals surface area contributed by atoms with Crippen molar-refractivity contribution in [2.24, 2.45) is 0 Å². The van der Waals surface area contributed by atoms with Crippen LogP contribution in [0.3, 0.4) is 0 Å². The summed E-state index contributed by atoms with van der Waals surface area (Å²) >= 11 is 1.38. The number of thiazole rings is 1. The number of aromatic nitrogens is 1. The largest absolute Gasteiger partial charge is 0.365 e. The lowest BCUT2D eigenvalue weighted by Crippen LogP contribution is -2.25. The van der Waals surface area contributed by atoms with Crippen LogP contribution < -0.4 is 5.32 Å². The van der Waals surface area contributed by atoms with Crippen molar-refractivity contribution in [1.82, 2.24) is 10.0 Å². The van der Waals surface area contributed by atoms with E-state index in [1.165, 1.54) is 18.4 Å². The zero-order valence-electron chi connectivity index (χ0n) is 7.70. The minimum atomic E-state index is -0.250. The van der Waals surface area contributed by atoms with Crippen molar-refractivity contribution in [3.05, 3.63) is 11.1 Å². The van der Waals surface area contributed by atoms with E-state index in [4.69, 9.17) is 4.84 Å². The highest BCUT2D eigenvalue weighted by Gasteiger charge is 2.14. The number of hydrogen-bond donors (Lipinski definition) is 1. The maximum atomic E-state index is 11.4. The smallest absolute Gasteiger partial charge is 0.296 e. The molecule has 1 amide bonds. The van der Waals surface area contributed by atoms with E-state index in [2.05, 4.69) is 10.3 Å². The van der Waals surface area contributed by atoms with E-state index >= 15 is 0 Å². The summed E-state index contributed by atoms with van der Waals surface area (Å²) in [5.74, 6) is -0.250. The van der Waals surface area contributed by atoms with Crippen LogP contribution in [0.1, 0.15) is 10.5 Å². The average molecular weight is 201 g/mol. The van der Waals surface area contributed by atoms with Gasteiger partial charge in [-0.3, -0.25) is 9.63 Å². The molecule has 0 aliphatic rings. The second kappa shape index (κ2) is 4.20. The van der Waals surface area contributed by atoms with Crippen LogP contribution in [0.4, 0.5) is 5.13 Å². The number of rotatable bonds is 3. The molecule has 0 atom stereocenters. The Kier molecular flexibility index (Phi) is 3.21. The van der Waals surface area contributed by atoms with Crippen molar-refractivity contribution >= 4 is 22.4 Å².